The average Bonchev–Trinajstić information content (AvgIpc) is 2.60. The Balaban J connectivity index is 2.68. The van der Waals surface area contributed by atoms with Crippen molar-refractivity contribution in [2.24, 2.45) is 17.6 Å². The summed E-state index contributed by atoms with van der Waals surface area (Å²) in [4.78, 5) is 5.09. The second-order valence-corrected chi connectivity index (χ2v) is 5.62. The molecule has 0 saturated heterocycles. The number of nitrogens with two attached hydrogens (primary N) is 1. The van der Waals surface area contributed by atoms with Crippen molar-refractivity contribution in [3.05, 3.63) is 16.1 Å². The van der Waals surface area contributed by atoms with Gasteiger partial charge in [-0.1, -0.05) is 13.8 Å². The fourth-order valence-electron chi connectivity index (χ4n) is 1.71. The van der Waals surface area contributed by atoms with E-state index < -0.39 is 6.10 Å². The van der Waals surface area contributed by atoms with E-state index in [2.05, 4.69) is 18.8 Å². The van der Waals surface area contributed by atoms with Crippen molar-refractivity contribution in [3.8, 4) is 0 Å². The normalized spacial score (nSPS) is 15.6. The molecule has 0 aliphatic rings. The first-order valence-corrected chi connectivity index (χ1v) is 6.16. The van der Waals surface area contributed by atoms with Gasteiger partial charge in [-0.3, -0.25) is 0 Å². The Morgan fingerprint density at radius 1 is 1.53 bits per heavy atom. The van der Waals surface area contributed by atoms with Crippen molar-refractivity contribution in [1.82, 2.24) is 4.98 Å². The number of aryl methyl sites for hydroxylation is 1. The first-order chi connectivity index (χ1) is 7.04. The number of hydrogen-bond donors (Lipinski definition) is 2. The molecule has 1 aromatic rings. The zero-order valence-electron chi connectivity index (χ0n) is 9.60. The van der Waals surface area contributed by atoms with Gasteiger partial charge < -0.3 is 10.8 Å². The minimum atomic E-state index is -0.455. The number of aromatic nitrogens is 1. The van der Waals surface area contributed by atoms with E-state index in [1.807, 2.05) is 6.92 Å². The molecule has 3 N–H and O–H groups in total. The number of nitrogens with zero attached hydrogens (tertiary/aromatic N) is 1. The Hall–Kier alpha value is -0.450. The Kier molecular flexibility index (Phi) is 4.70. The lowest BCUT2D eigenvalue weighted by molar-refractivity contribution is 0.103. The summed E-state index contributed by atoms with van der Waals surface area (Å²) in [5.41, 5.74) is 5.69. The average molecular weight is 228 g/mol. The third-order valence-corrected chi connectivity index (χ3v) is 3.44. The number of aliphatic hydroxyl groups excluding tert-OH is 1. The van der Waals surface area contributed by atoms with Crippen molar-refractivity contribution in [3.63, 3.8) is 0 Å². The molecule has 0 amide bonds. The molecule has 1 aromatic heterocycles. The summed E-state index contributed by atoms with van der Waals surface area (Å²) in [6, 6.07) is 0. The fraction of sp³-hybridized carbons (Fsp3) is 0.727. The highest BCUT2D eigenvalue weighted by Crippen LogP contribution is 2.29. The first-order valence-electron chi connectivity index (χ1n) is 5.35. The number of hydrogen-bond acceptors (Lipinski definition) is 4. The summed E-state index contributed by atoms with van der Waals surface area (Å²) in [6.07, 6.45) is 2.26. The van der Waals surface area contributed by atoms with E-state index in [1.54, 1.807) is 17.5 Å². The Morgan fingerprint density at radius 3 is 2.60 bits per heavy atom. The van der Waals surface area contributed by atoms with Gasteiger partial charge in [-0.2, -0.15) is 0 Å². The summed E-state index contributed by atoms with van der Waals surface area (Å²) >= 11 is 1.55. The van der Waals surface area contributed by atoms with Gasteiger partial charge in [-0.05, 0) is 25.8 Å². The molecule has 3 nitrogen and oxygen atoms in total. The number of rotatable bonds is 5. The smallest absolute Gasteiger partial charge is 0.0938 e. The van der Waals surface area contributed by atoms with Crippen LogP contribution in [0.3, 0.4) is 0 Å². The maximum atomic E-state index is 10.1. The van der Waals surface area contributed by atoms with E-state index in [1.165, 1.54) is 0 Å². The van der Waals surface area contributed by atoms with Crippen molar-refractivity contribution in [1.29, 1.82) is 0 Å². The zero-order chi connectivity index (χ0) is 11.4. The highest BCUT2D eigenvalue weighted by Gasteiger charge is 2.22. The topological polar surface area (TPSA) is 59.1 Å². The molecule has 0 aliphatic heterocycles. The minimum absolute atomic E-state index is 0.143. The molecule has 0 aliphatic carbocycles. The van der Waals surface area contributed by atoms with Crippen LogP contribution in [-0.4, -0.2) is 16.6 Å². The van der Waals surface area contributed by atoms with Gasteiger partial charge in [0.25, 0.3) is 0 Å². The van der Waals surface area contributed by atoms with Crippen LogP contribution < -0.4 is 5.73 Å². The predicted molar refractivity (Wildman–Crippen MR) is 63.8 cm³/mol. The van der Waals surface area contributed by atoms with Gasteiger partial charge in [0.1, 0.15) is 0 Å². The maximum Gasteiger partial charge on any atom is 0.0938 e. The van der Waals surface area contributed by atoms with E-state index in [4.69, 9.17) is 5.73 Å². The monoisotopic (exact) mass is 228 g/mol. The van der Waals surface area contributed by atoms with Crippen LogP contribution in [0.1, 0.15) is 36.3 Å². The lowest BCUT2D eigenvalue weighted by atomic mass is 9.92. The molecule has 1 rings (SSSR count). The van der Waals surface area contributed by atoms with Crippen LogP contribution in [0.15, 0.2) is 6.20 Å². The minimum Gasteiger partial charge on any atom is -0.387 e. The molecule has 2 atom stereocenters. The molecule has 0 spiro atoms. The van der Waals surface area contributed by atoms with E-state index in [0.717, 1.165) is 16.3 Å². The lowest BCUT2D eigenvalue weighted by Gasteiger charge is -2.21. The van der Waals surface area contributed by atoms with Crippen LogP contribution in [0.4, 0.5) is 0 Å². The molecule has 0 aromatic carbocycles. The Bertz CT molecular complexity index is 299. The van der Waals surface area contributed by atoms with E-state index in [0.29, 0.717) is 12.5 Å². The maximum absolute atomic E-state index is 10.1. The number of aliphatic hydroxyl groups is 1. The molecule has 0 fully saturated rings. The molecule has 0 bridgehead atoms. The molecule has 86 valence electrons. The predicted octanol–water partition coefficient (Wildman–Crippen LogP) is 2.11. The van der Waals surface area contributed by atoms with E-state index in [-0.39, 0.29) is 5.92 Å². The van der Waals surface area contributed by atoms with E-state index >= 15 is 0 Å². The Labute approximate surface area is 95.3 Å². The van der Waals surface area contributed by atoms with Gasteiger partial charge in [0, 0.05) is 12.1 Å². The van der Waals surface area contributed by atoms with Crippen LogP contribution in [0, 0.1) is 18.8 Å². The highest BCUT2D eigenvalue weighted by atomic mass is 32.1. The fourth-order valence-corrected chi connectivity index (χ4v) is 2.57. The van der Waals surface area contributed by atoms with Gasteiger partial charge >= 0.3 is 0 Å². The van der Waals surface area contributed by atoms with Gasteiger partial charge in [0.15, 0.2) is 0 Å². The summed E-state index contributed by atoms with van der Waals surface area (Å²) in [5, 5.41) is 11.1. The second-order valence-electron chi connectivity index (χ2n) is 4.35. The third kappa shape index (κ3) is 3.55. The van der Waals surface area contributed by atoms with Gasteiger partial charge in [0.05, 0.1) is 16.0 Å². The summed E-state index contributed by atoms with van der Waals surface area (Å²) < 4.78 is 0. The van der Waals surface area contributed by atoms with Gasteiger partial charge in [-0.15, -0.1) is 11.3 Å². The van der Waals surface area contributed by atoms with E-state index in [9.17, 15) is 5.11 Å². The first kappa shape index (κ1) is 12.6. The molecule has 4 heteroatoms. The van der Waals surface area contributed by atoms with Crippen LogP contribution in [0.5, 0.6) is 0 Å². The van der Waals surface area contributed by atoms with Crippen molar-refractivity contribution < 1.29 is 5.11 Å². The molecular weight excluding hydrogens is 208 g/mol. The van der Waals surface area contributed by atoms with Gasteiger partial charge in [-0.25, -0.2) is 4.98 Å². The molecule has 1 heterocycles. The van der Waals surface area contributed by atoms with Crippen LogP contribution >= 0.6 is 11.3 Å². The summed E-state index contributed by atoms with van der Waals surface area (Å²) in [5.74, 6) is 0.701. The number of thiazole rings is 1. The molecular formula is C11H20N2OS. The SMILES string of the molecule is Cc1ncc(C(O)C(CN)CC(C)C)s1. The standard InChI is InChI=1S/C11H20N2OS/c1-7(2)4-9(5-12)11(14)10-6-13-8(3)15-10/h6-7,9,11,14H,4-5,12H2,1-3H3. The highest BCUT2D eigenvalue weighted by molar-refractivity contribution is 7.11. The lowest BCUT2D eigenvalue weighted by Crippen LogP contribution is -2.23. The molecule has 2 unspecified atom stereocenters. The van der Waals surface area contributed by atoms with Crippen molar-refractivity contribution in [2.45, 2.75) is 33.3 Å². The van der Waals surface area contributed by atoms with Crippen LogP contribution in [0.2, 0.25) is 0 Å². The summed E-state index contributed by atoms with van der Waals surface area (Å²) in [6.45, 7) is 6.76. The van der Waals surface area contributed by atoms with Crippen LogP contribution in [-0.2, 0) is 0 Å². The van der Waals surface area contributed by atoms with Crippen LogP contribution in [0.25, 0.3) is 0 Å². The second kappa shape index (κ2) is 5.58. The van der Waals surface area contributed by atoms with Crippen molar-refractivity contribution in [2.75, 3.05) is 6.54 Å². The quantitative estimate of drug-likeness (QED) is 0.811. The molecule has 0 radical (unpaired) electrons. The largest absolute Gasteiger partial charge is 0.387 e. The van der Waals surface area contributed by atoms with Gasteiger partial charge in [0.2, 0.25) is 0 Å². The zero-order valence-corrected chi connectivity index (χ0v) is 10.4. The van der Waals surface area contributed by atoms with Crippen molar-refractivity contribution >= 4 is 11.3 Å². The molecule has 15 heavy (non-hydrogen) atoms. The third-order valence-electron chi connectivity index (χ3n) is 2.45. The Morgan fingerprint density at radius 2 is 2.20 bits per heavy atom. The summed E-state index contributed by atoms with van der Waals surface area (Å²) in [7, 11) is 0. The molecule has 0 saturated carbocycles.